The van der Waals surface area contributed by atoms with Crippen LogP contribution < -0.4 is 10.6 Å². The minimum absolute atomic E-state index is 0.429. The molecule has 1 aliphatic carbocycles. The summed E-state index contributed by atoms with van der Waals surface area (Å²) in [4.78, 5) is 4.73. The van der Waals surface area contributed by atoms with Crippen LogP contribution in [-0.4, -0.2) is 38.8 Å². The Balaban J connectivity index is 1.82. The van der Waals surface area contributed by atoms with Crippen molar-refractivity contribution in [2.24, 2.45) is 10.9 Å². The van der Waals surface area contributed by atoms with Crippen LogP contribution in [0, 0.1) is 5.92 Å². The van der Waals surface area contributed by atoms with E-state index >= 15 is 0 Å². The van der Waals surface area contributed by atoms with Gasteiger partial charge in [0, 0.05) is 31.7 Å². The third kappa shape index (κ3) is 5.37. The first-order chi connectivity index (χ1) is 12.9. The van der Waals surface area contributed by atoms with Gasteiger partial charge in [-0.1, -0.05) is 18.2 Å². The fraction of sp³-hybridized carbons (Fsp3) is 0.650. The molecule has 150 valence electrons. The Morgan fingerprint density at radius 2 is 1.96 bits per heavy atom. The summed E-state index contributed by atoms with van der Waals surface area (Å²) in [6, 6.07) is 5.70. The van der Waals surface area contributed by atoms with Crippen LogP contribution in [0.4, 0.5) is 13.2 Å². The van der Waals surface area contributed by atoms with Crippen molar-refractivity contribution >= 4 is 5.96 Å². The Labute approximate surface area is 158 Å². The number of hydrogen-bond acceptors (Lipinski definition) is 2. The number of ether oxygens (including phenoxy) is 1. The molecule has 3 rings (SSSR count). The van der Waals surface area contributed by atoms with E-state index in [9.17, 15) is 13.2 Å². The quantitative estimate of drug-likeness (QED) is 0.581. The lowest BCUT2D eigenvalue weighted by molar-refractivity contribution is -0.137. The maximum Gasteiger partial charge on any atom is 0.416 e. The van der Waals surface area contributed by atoms with E-state index in [1.807, 2.05) is 6.92 Å². The second-order valence-corrected chi connectivity index (χ2v) is 7.49. The van der Waals surface area contributed by atoms with Gasteiger partial charge in [-0.05, 0) is 50.2 Å². The number of hydrogen-bond donors (Lipinski definition) is 2. The van der Waals surface area contributed by atoms with Gasteiger partial charge in [0.1, 0.15) is 0 Å². The van der Waals surface area contributed by atoms with E-state index in [1.54, 1.807) is 6.07 Å². The lowest BCUT2D eigenvalue weighted by atomic mass is 9.74. The Hall–Kier alpha value is -1.76. The van der Waals surface area contributed by atoms with Gasteiger partial charge in [-0.25, -0.2) is 0 Å². The SMILES string of the molecule is CCNC(=NCC1(c2cccc(C(F)(F)F)c2)CCOCC1)NCC1CC1. The normalized spacial score (nSPS) is 20.4. The van der Waals surface area contributed by atoms with Crippen molar-refractivity contribution in [2.45, 2.75) is 44.2 Å². The topological polar surface area (TPSA) is 45.7 Å². The lowest BCUT2D eigenvalue weighted by Crippen LogP contribution is -2.41. The van der Waals surface area contributed by atoms with Crippen LogP contribution in [0.1, 0.15) is 43.7 Å². The van der Waals surface area contributed by atoms with Crippen LogP contribution in [0.25, 0.3) is 0 Å². The van der Waals surface area contributed by atoms with Gasteiger partial charge in [0.05, 0.1) is 12.1 Å². The Kier molecular flexibility index (Phi) is 6.29. The number of guanidine groups is 1. The van der Waals surface area contributed by atoms with Crippen molar-refractivity contribution < 1.29 is 17.9 Å². The molecule has 2 fully saturated rings. The minimum Gasteiger partial charge on any atom is -0.381 e. The summed E-state index contributed by atoms with van der Waals surface area (Å²) in [7, 11) is 0. The van der Waals surface area contributed by atoms with Crippen molar-refractivity contribution in [3.63, 3.8) is 0 Å². The molecular formula is C20H28F3N3O. The standard InChI is InChI=1S/C20H28F3N3O/c1-2-24-18(25-13-15-6-7-15)26-14-19(8-10-27-11-9-19)16-4-3-5-17(12-16)20(21,22)23/h3-5,12,15H,2,6-11,13-14H2,1H3,(H2,24,25,26). The fourth-order valence-corrected chi connectivity index (χ4v) is 3.46. The molecule has 0 atom stereocenters. The minimum atomic E-state index is -4.34. The van der Waals surface area contributed by atoms with E-state index in [1.165, 1.54) is 25.0 Å². The zero-order valence-electron chi connectivity index (χ0n) is 15.7. The molecule has 2 N–H and O–H groups in total. The van der Waals surface area contributed by atoms with Crippen LogP contribution in [0.2, 0.25) is 0 Å². The van der Waals surface area contributed by atoms with Gasteiger partial charge in [-0.3, -0.25) is 4.99 Å². The number of nitrogens with one attached hydrogen (secondary N) is 2. The Bertz CT molecular complexity index is 650. The van der Waals surface area contributed by atoms with Gasteiger partial charge in [-0.2, -0.15) is 13.2 Å². The third-order valence-electron chi connectivity index (χ3n) is 5.39. The summed E-state index contributed by atoms with van der Waals surface area (Å²) in [5.41, 5.74) is -0.336. The van der Waals surface area contributed by atoms with Crippen molar-refractivity contribution in [1.82, 2.24) is 10.6 Å². The fourth-order valence-electron chi connectivity index (χ4n) is 3.46. The largest absolute Gasteiger partial charge is 0.416 e. The number of alkyl halides is 3. The molecule has 1 saturated carbocycles. The van der Waals surface area contributed by atoms with Crippen LogP contribution >= 0.6 is 0 Å². The summed E-state index contributed by atoms with van der Waals surface area (Å²) in [5, 5.41) is 6.59. The van der Waals surface area contributed by atoms with E-state index in [-0.39, 0.29) is 0 Å². The summed E-state index contributed by atoms with van der Waals surface area (Å²) in [6.07, 6.45) is -0.512. The molecule has 7 heteroatoms. The van der Waals surface area contributed by atoms with Gasteiger partial charge in [-0.15, -0.1) is 0 Å². The summed E-state index contributed by atoms with van der Waals surface area (Å²) in [5.74, 6) is 1.46. The molecule has 0 amide bonds. The maximum atomic E-state index is 13.2. The highest BCUT2D eigenvalue weighted by Crippen LogP contribution is 2.38. The number of rotatable bonds is 6. The van der Waals surface area contributed by atoms with E-state index < -0.39 is 17.2 Å². The molecule has 0 spiro atoms. The highest BCUT2D eigenvalue weighted by molar-refractivity contribution is 5.79. The summed E-state index contributed by atoms with van der Waals surface area (Å²) in [6.45, 7) is 5.17. The molecule has 27 heavy (non-hydrogen) atoms. The Morgan fingerprint density at radius 3 is 2.59 bits per heavy atom. The Morgan fingerprint density at radius 1 is 1.22 bits per heavy atom. The molecule has 1 aromatic rings. The molecular weight excluding hydrogens is 355 g/mol. The molecule has 2 aliphatic rings. The van der Waals surface area contributed by atoms with E-state index in [2.05, 4.69) is 10.6 Å². The number of benzene rings is 1. The summed E-state index contributed by atoms with van der Waals surface area (Å²) < 4.78 is 45.0. The molecule has 0 radical (unpaired) electrons. The lowest BCUT2D eigenvalue weighted by Gasteiger charge is -2.37. The van der Waals surface area contributed by atoms with Crippen LogP contribution in [0.5, 0.6) is 0 Å². The number of halogens is 3. The monoisotopic (exact) mass is 383 g/mol. The first-order valence-electron chi connectivity index (χ1n) is 9.71. The van der Waals surface area contributed by atoms with Crippen molar-refractivity contribution in [3.8, 4) is 0 Å². The van der Waals surface area contributed by atoms with Gasteiger partial charge < -0.3 is 15.4 Å². The first kappa shape index (κ1) is 20.0. The van der Waals surface area contributed by atoms with E-state index in [4.69, 9.17) is 9.73 Å². The molecule has 4 nitrogen and oxygen atoms in total. The third-order valence-corrected chi connectivity index (χ3v) is 5.39. The van der Waals surface area contributed by atoms with Crippen LogP contribution in [-0.2, 0) is 16.3 Å². The molecule has 0 aromatic heterocycles. The molecule has 1 aromatic carbocycles. The maximum absolute atomic E-state index is 13.2. The molecule has 1 heterocycles. The second-order valence-electron chi connectivity index (χ2n) is 7.49. The average Bonchev–Trinajstić information content (AvgIpc) is 3.49. The van der Waals surface area contributed by atoms with E-state index in [0.29, 0.717) is 38.2 Å². The average molecular weight is 383 g/mol. The first-order valence-corrected chi connectivity index (χ1v) is 9.71. The highest BCUT2D eigenvalue weighted by atomic mass is 19.4. The van der Waals surface area contributed by atoms with Gasteiger partial charge in [0.25, 0.3) is 0 Å². The molecule has 1 aliphatic heterocycles. The number of nitrogens with zero attached hydrogens (tertiary/aromatic N) is 1. The molecule has 0 bridgehead atoms. The predicted molar refractivity (Wildman–Crippen MR) is 99.9 cm³/mol. The van der Waals surface area contributed by atoms with Crippen molar-refractivity contribution in [2.75, 3.05) is 32.8 Å². The van der Waals surface area contributed by atoms with Crippen molar-refractivity contribution in [1.29, 1.82) is 0 Å². The zero-order valence-corrected chi connectivity index (χ0v) is 15.7. The zero-order chi connectivity index (χ0) is 19.3. The number of aliphatic imine (C=N–C) groups is 1. The van der Waals surface area contributed by atoms with Gasteiger partial charge in [0.15, 0.2) is 5.96 Å². The second kappa shape index (κ2) is 8.50. The summed E-state index contributed by atoms with van der Waals surface area (Å²) >= 11 is 0. The molecule has 0 unspecified atom stereocenters. The predicted octanol–water partition coefficient (Wildman–Crippen LogP) is 3.72. The highest BCUT2D eigenvalue weighted by Gasteiger charge is 2.37. The smallest absolute Gasteiger partial charge is 0.381 e. The van der Waals surface area contributed by atoms with Gasteiger partial charge >= 0.3 is 6.18 Å². The van der Waals surface area contributed by atoms with Gasteiger partial charge in [0.2, 0.25) is 0 Å². The van der Waals surface area contributed by atoms with Crippen LogP contribution in [0.15, 0.2) is 29.3 Å². The van der Waals surface area contributed by atoms with Crippen LogP contribution in [0.3, 0.4) is 0 Å². The van der Waals surface area contributed by atoms with Crippen molar-refractivity contribution in [3.05, 3.63) is 35.4 Å². The van der Waals surface area contributed by atoms with E-state index in [0.717, 1.165) is 31.0 Å². The molecule has 1 saturated heterocycles.